The molecular formula is C11H11ClN4. The Kier molecular flexibility index (Phi) is 2.92. The second-order valence-corrected chi connectivity index (χ2v) is 3.79. The van der Waals surface area contributed by atoms with Crippen LogP contribution in [0.5, 0.6) is 0 Å². The second kappa shape index (κ2) is 4.37. The van der Waals surface area contributed by atoms with Gasteiger partial charge in [-0.3, -0.25) is 0 Å². The molecule has 3 N–H and O–H groups in total. The van der Waals surface area contributed by atoms with Gasteiger partial charge in [0.2, 0.25) is 0 Å². The molecule has 0 fully saturated rings. The predicted molar refractivity (Wildman–Crippen MR) is 65.9 cm³/mol. The Balaban J connectivity index is 2.34. The molecule has 0 saturated heterocycles. The minimum Gasteiger partial charge on any atom is -0.384 e. The topological polar surface area (TPSA) is 63.8 Å². The van der Waals surface area contributed by atoms with E-state index >= 15 is 0 Å². The average Bonchev–Trinajstić information content (AvgIpc) is 2.24. The molecular weight excluding hydrogens is 224 g/mol. The highest BCUT2D eigenvalue weighted by Gasteiger charge is 2.04. The fraction of sp³-hybridized carbons (Fsp3) is 0.0909. The van der Waals surface area contributed by atoms with Crippen molar-refractivity contribution in [2.24, 2.45) is 0 Å². The highest BCUT2D eigenvalue weighted by atomic mass is 35.5. The third-order valence-corrected chi connectivity index (χ3v) is 2.48. The summed E-state index contributed by atoms with van der Waals surface area (Å²) in [5.41, 5.74) is 7.45. The number of anilines is 3. The lowest BCUT2D eigenvalue weighted by atomic mass is 10.2. The zero-order chi connectivity index (χ0) is 11.5. The number of rotatable bonds is 2. The number of nitrogen functional groups attached to an aromatic ring is 1. The van der Waals surface area contributed by atoms with Gasteiger partial charge in [0, 0.05) is 6.07 Å². The monoisotopic (exact) mass is 234 g/mol. The Hall–Kier alpha value is -1.81. The summed E-state index contributed by atoms with van der Waals surface area (Å²) < 4.78 is 0. The van der Waals surface area contributed by atoms with Crippen molar-refractivity contribution in [3.05, 3.63) is 41.2 Å². The van der Waals surface area contributed by atoms with Crippen LogP contribution in [0.3, 0.4) is 0 Å². The molecule has 0 amide bonds. The number of halogens is 1. The van der Waals surface area contributed by atoms with Crippen molar-refractivity contribution < 1.29 is 0 Å². The molecule has 1 aromatic heterocycles. The van der Waals surface area contributed by atoms with Crippen molar-refractivity contribution in [1.29, 1.82) is 0 Å². The first-order chi connectivity index (χ1) is 7.66. The second-order valence-electron chi connectivity index (χ2n) is 3.38. The van der Waals surface area contributed by atoms with E-state index in [4.69, 9.17) is 17.3 Å². The molecule has 16 heavy (non-hydrogen) atoms. The molecule has 0 aliphatic heterocycles. The van der Waals surface area contributed by atoms with Gasteiger partial charge in [-0.05, 0) is 18.6 Å². The van der Waals surface area contributed by atoms with E-state index in [1.807, 2.05) is 25.1 Å². The van der Waals surface area contributed by atoms with Crippen LogP contribution < -0.4 is 11.1 Å². The van der Waals surface area contributed by atoms with Crippen molar-refractivity contribution in [2.75, 3.05) is 11.1 Å². The van der Waals surface area contributed by atoms with Gasteiger partial charge in [0.15, 0.2) is 0 Å². The summed E-state index contributed by atoms with van der Waals surface area (Å²) in [6, 6.07) is 7.35. The van der Waals surface area contributed by atoms with Gasteiger partial charge < -0.3 is 11.1 Å². The summed E-state index contributed by atoms with van der Waals surface area (Å²) >= 11 is 6.08. The molecule has 0 aliphatic rings. The van der Waals surface area contributed by atoms with Gasteiger partial charge in [-0.15, -0.1) is 0 Å². The number of benzene rings is 1. The van der Waals surface area contributed by atoms with E-state index in [0.29, 0.717) is 16.7 Å². The maximum atomic E-state index is 6.08. The van der Waals surface area contributed by atoms with Crippen molar-refractivity contribution in [3.8, 4) is 0 Å². The summed E-state index contributed by atoms with van der Waals surface area (Å²) in [4.78, 5) is 7.88. The third kappa shape index (κ3) is 2.23. The SMILES string of the molecule is Cc1cccc(Cl)c1Nc1cc(N)ncn1. The first-order valence-electron chi connectivity index (χ1n) is 4.76. The Morgan fingerprint density at radius 2 is 2.12 bits per heavy atom. The molecule has 0 saturated carbocycles. The van der Waals surface area contributed by atoms with Gasteiger partial charge in [0.05, 0.1) is 10.7 Å². The Morgan fingerprint density at radius 1 is 1.31 bits per heavy atom. The summed E-state index contributed by atoms with van der Waals surface area (Å²) in [5, 5.41) is 3.77. The molecule has 5 heteroatoms. The molecule has 2 aromatic rings. The van der Waals surface area contributed by atoms with E-state index < -0.39 is 0 Å². The third-order valence-electron chi connectivity index (χ3n) is 2.16. The van der Waals surface area contributed by atoms with Crippen molar-refractivity contribution in [1.82, 2.24) is 9.97 Å². The van der Waals surface area contributed by atoms with Crippen molar-refractivity contribution in [2.45, 2.75) is 6.92 Å². The smallest absolute Gasteiger partial charge is 0.135 e. The standard InChI is InChI=1S/C11H11ClN4/c1-7-3-2-4-8(12)11(7)16-10-5-9(13)14-6-15-10/h2-6H,1H3,(H3,13,14,15,16). The fourth-order valence-electron chi connectivity index (χ4n) is 1.36. The Bertz CT molecular complexity index is 493. The van der Waals surface area contributed by atoms with Crippen LogP contribution in [-0.4, -0.2) is 9.97 Å². The van der Waals surface area contributed by atoms with E-state index in [9.17, 15) is 0 Å². The van der Waals surface area contributed by atoms with Crippen molar-refractivity contribution >= 4 is 28.9 Å². The number of para-hydroxylation sites is 1. The maximum Gasteiger partial charge on any atom is 0.135 e. The number of nitrogens with zero attached hydrogens (tertiary/aromatic N) is 2. The quantitative estimate of drug-likeness (QED) is 0.839. The number of hydrogen-bond donors (Lipinski definition) is 2. The van der Waals surface area contributed by atoms with Crippen LogP contribution in [0.1, 0.15) is 5.56 Å². The van der Waals surface area contributed by atoms with Crippen molar-refractivity contribution in [3.63, 3.8) is 0 Å². The van der Waals surface area contributed by atoms with E-state index in [1.165, 1.54) is 6.33 Å². The van der Waals surface area contributed by atoms with Crippen LogP contribution in [0.2, 0.25) is 5.02 Å². The zero-order valence-corrected chi connectivity index (χ0v) is 9.49. The average molecular weight is 235 g/mol. The normalized spacial score (nSPS) is 10.1. The minimum atomic E-state index is 0.419. The maximum absolute atomic E-state index is 6.08. The van der Waals surface area contributed by atoms with Gasteiger partial charge in [0.25, 0.3) is 0 Å². The van der Waals surface area contributed by atoms with E-state index in [-0.39, 0.29) is 0 Å². The van der Waals surface area contributed by atoms with Crippen LogP contribution in [0.4, 0.5) is 17.3 Å². The molecule has 1 heterocycles. The van der Waals surface area contributed by atoms with E-state index in [2.05, 4.69) is 15.3 Å². The van der Waals surface area contributed by atoms with Crippen LogP contribution in [-0.2, 0) is 0 Å². The first-order valence-corrected chi connectivity index (χ1v) is 5.14. The van der Waals surface area contributed by atoms with Gasteiger partial charge >= 0.3 is 0 Å². The molecule has 0 spiro atoms. The molecule has 0 aliphatic carbocycles. The Morgan fingerprint density at radius 3 is 2.81 bits per heavy atom. The predicted octanol–water partition coefficient (Wildman–Crippen LogP) is 2.76. The number of nitrogens with one attached hydrogen (secondary N) is 1. The molecule has 0 unspecified atom stereocenters. The van der Waals surface area contributed by atoms with Crippen LogP contribution >= 0.6 is 11.6 Å². The van der Waals surface area contributed by atoms with Gasteiger partial charge in [-0.2, -0.15) is 0 Å². The van der Waals surface area contributed by atoms with Crippen LogP contribution in [0, 0.1) is 6.92 Å². The molecule has 0 atom stereocenters. The van der Waals surface area contributed by atoms with E-state index in [0.717, 1.165) is 11.3 Å². The van der Waals surface area contributed by atoms with E-state index in [1.54, 1.807) is 6.07 Å². The summed E-state index contributed by atoms with van der Waals surface area (Å²) in [5.74, 6) is 1.05. The summed E-state index contributed by atoms with van der Waals surface area (Å²) in [7, 11) is 0. The zero-order valence-electron chi connectivity index (χ0n) is 8.74. The van der Waals surface area contributed by atoms with Crippen LogP contribution in [0.15, 0.2) is 30.6 Å². The molecule has 2 rings (SSSR count). The molecule has 0 radical (unpaired) electrons. The molecule has 0 bridgehead atoms. The number of aryl methyl sites for hydroxylation is 1. The summed E-state index contributed by atoms with van der Waals surface area (Å²) in [6.45, 7) is 1.97. The number of nitrogens with two attached hydrogens (primary N) is 1. The minimum absolute atomic E-state index is 0.419. The van der Waals surface area contributed by atoms with Gasteiger partial charge in [0.1, 0.15) is 18.0 Å². The highest BCUT2D eigenvalue weighted by molar-refractivity contribution is 6.33. The molecule has 1 aromatic carbocycles. The molecule has 4 nitrogen and oxygen atoms in total. The summed E-state index contributed by atoms with van der Waals surface area (Å²) in [6.07, 6.45) is 1.41. The molecule has 82 valence electrons. The highest BCUT2D eigenvalue weighted by Crippen LogP contribution is 2.27. The lowest BCUT2D eigenvalue weighted by molar-refractivity contribution is 1.17. The van der Waals surface area contributed by atoms with Gasteiger partial charge in [-0.25, -0.2) is 9.97 Å². The first kappa shape index (κ1) is 10.7. The Labute approximate surface area is 98.5 Å². The number of aromatic nitrogens is 2. The lowest BCUT2D eigenvalue weighted by Gasteiger charge is -2.10. The fourth-order valence-corrected chi connectivity index (χ4v) is 1.63. The largest absolute Gasteiger partial charge is 0.384 e. The number of hydrogen-bond acceptors (Lipinski definition) is 4. The lowest BCUT2D eigenvalue weighted by Crippen LogP contribution is -1.99. The van der Waals surface area contributed by atoms with Crippen LogP contribution in [0.25, 0.3) is 0 Å². The van der Waals surface area contributed by atoms with Gasteiger partial charge in [-0.1, -0.05) is 23.7 Å².